The fraction of sp³-hybridized carbons (Fsp3) is 0.233. The van der Waals surface area contributed by atoms with E-state index in [1.165, 1.54) is 0 Å². The molecule has 1 saturated heterocycles. The van der Waals surface area contributed by atoms with Crippen molar-refractivity contribution < 1.29 is 24.2 Å². The van der Waals surface area contributed by atoms with Crippen molar-refractivity contribution in [1.29, 1.82) is 0 Å². The molecule has 5 aromatic carbocycles. The predicted molar refractivity (Wildman–Crippen MR) is 209 cm³/mol. The van der Waals surface area contributed by atoms with E-state index in [-0.39, 0.29) is 18.7 Å². The van der Waals surface area contributed by atoms with Crippen LogP contribution in [0.2, 0.25) is 0 Å². The lowest BCUT2D eigenvalue weighted by Gasteiger charge is -2.41. The fourth-order valence-corrected chi connectivity index (χ4v) is 8.01. The molecule has 0 unspecified atom stereocenters. The number of anilines is 2. The molecule has 268 valence electrons. The molecule has 53 heavy (non-hydrogen) atoms. The van der Waals surface area contributed by atoms with Crippen LogP contribution in [0.5, 0.6) is 11.5 Å². The zero-order valence-corrected chi connectivity index (χ0v) is 30.6. The Morgan fingerprint density at radius 2 is 1.57 bits per heavy atom. The maximum atomic E-state index is 14.0. The molecule has 3 heterocycles. The van der Waals surface area contributed by atoms with E-state index in [1.54, 1.807) is 0 Å². The number of para-hydroxylation sites is 1. The molecule has 3 aliphatic rings. The molecule has 3 aliphatic heterocycles. The van der Waals surface area contributed by atoms with Crippen molar-refractivity contribution in [1.82, 2.24) is 4.90 Å². The minimum atomic E-state index is -1.24. The van der Waals surface area contributed by atoms with Crippen LogP contribution in [0, 0.1) is 0 Å². The molecule has 0 aromatic heterocycles. The average Bonchev–Trinajstić information content (AvgIpc) is 3.85. The minimum Gasteiger partial charge on any atom is -0.480 e. The summed E-state index contributed by atoms with van der Waals surface area (Å²) in [7, 11) is 0. The average molecular weight is 772 g/mol. The van der Waals surface area contributed by atoms with E-state index < -0.39 is 18.1 Å². The van der Waals surface area contributed by atoms with Crippen LogP contribution in [0.1, 0.15) is 46.7 Å². The minimum absolute atomic E-state index is 0.0910. The molecule has 3 atom stereocenters. The third kappa shape index (κ3) is 7.29. The largest absolute Gasteiger partial charge is 0.480 e. The van der Waals surface area contributed by atoms with Crippen LogP contribution in [0.4, 0.5) is 11.4 Å². The first-order chi connectivity index (χ1) is 25.9. The number of rotatable bonds is 10. The number of fused-ring (bicyclic) bond motifs is 2. The van der Waals surface area contributed by atoms with Crippen molar-refractivity contribution in [3.05, 3.63) is 154 Å². The highest BCUT2D eigenvalue weighted by Gasteiger charge is 2.40. The van der Waals surface area contributed by atoms with E-state index in [2.05, 4.69) is 43.2 Å². The lowest BCUT2D eigenvalue weighted by atomic mass is 9.87. The molecule has 1 fully saturated rings. The van der Waals surface area contributed by atoms with Gasteiger partial charge >= 0.3 is 5.97 Å². The van der Waals surface area contributed by atoms with Gasteiger partial charge in [0.05, 0.1) is 23.5 Å². The standard InChI is InChI=1S/C43H39BrN4O5/c44-31-17-19-32(20-18-31)48-23-21-30-24-37-38(53-27-52-37)25-34(30)41(48)40(43(50)51)46-39(29-12-5-2-6-13-29)33-14-7-8-15-35(33)45-42(49)36-16-9-22-47(36)26-28-10-3-1-4-11-28/h1-8,10-15,17-20,24-25,36,40-41H,9,16,21-23,26-27H2,(H,45,49)(H,50,51)/t36-,40-,41-/m0/s1. The summed E-state index contributed by atoms with van der Waals surface area (Å²) in [6, 6.07) is 36.9. The van der Waals surface area contributed by atoms with Crippen LogP contribution in [0.15, 0.2) is 131 Å². The summed E-state index contributed by atoms with van der Waals surface area (Å²) in [6.45, 7) is 2.22. The molecule has 0 spiro atoms. The van der Waals surface area contributed by atoms with Crippen molar-refractivity contribution in [2.75, 3.05) is 30.1 Å². The van der Waals surface area contributed by atoms with Crippen molar-refractivity contribution in [2.45, 2.75) is 43.9 Å². The number of carboxylic acid groups (broad SMARTS) is 1. The lowest BCUT2D eigenvalue weighted by Crippen LogP contribution is -2.44. The summed E-state index contributed by atoms with van der Waals surface area (Å²) in [5.74, 6) is 0.0881. The van der Waals surface area contributed by atoms with Gasteiger partial charge < -0.3 is 24.8 Å². The number of carboxylic acids is 1. The van der Waals surface area contributed by atoms with Gasteiger partial charge in [-0.2, -0.15) is 0 Å². The quantitative estimate of drug-likeness (QED) is 0.139. The molecule has 10 heteroatoms. The van der Waals surface area contributed by atoms with Gasteiger partial charge in [-0.25, -0.2) is 4.79 Å². The Kier molecular flexibility index (Phi) is 9.97. The maximum Gasteiger partial charge on any atom is 0.330 e. The number of hydrogen-bond acceptors (Lipinski definition) is 7. The second kappa shape index (κ2) is 15.3. The van der Waals surface area contributed by atoms with Gasteiger partial charge in [0.25, 0.3) is 0 Å². The molecule has 2 N–H and O–H groups in total. The molecule has 9 nitrogen and oxygen atoms in total. The van der Waals surface area contributed by atoms with Crippen LogP contribution < -0.4 is 19.7 Å². The van der Waals surface area contributed by atoms with E-state index in [9.17, 15) is 14.7 Å². The number of carbonyl (C=O) groups excluding carboxylic acids is 1. The molecule has 8 rings (SSSR count). The number of benzene rings is 5. The van der Waals surface area contributed by atoms with Gasteiger partial charge in [0.15, 0.2) is 17.5 Å². The van der Waals surface area contributed by atoms with E-state index in [4.69, 9.17) is 14.5 Å². The molecule has 0 aliphatic carbocycles. The van der Waals surface area contributed by atoms with Gasteiger partial charge in [0.1, 0.15) is 0 Å². The van der Waals surface area contributed by atoms with Gasteiger partial charge in [0.2, 0.25) is 12.7 Å². The number of likely N-dealkylation sites (tertiary alicyclic amines) is 1. The van der Waals surface area contributed by atoms with Gasteiger partial charge in [-0.1, -0.05) is 94.8 Å². The molecule has 5 aromatic rings. The van der Waals surface area contributed by atoms with E-state index in [0.29, 0.717) is 48.0 Å². The Hall–Kier alpha value is -5.45. The van der Waals surface area contributed by atoms with Crippen molar-refractivity contribution >= 4 is 44.9 Å². The number of amides is 1. The van der Waals surface area contributed by atoms with Crippen LogP contribution in [0.3, 0.4) is 0 Å². The summed E-state index contributed by atoms with van der Waals surface area (Å²) < 4.78 is 12.4. The highest BCUT2D eigenvalue weighted by molar-refractivity contribution is 9.10. The van der Waals surface area contributed by atoms with Gasteiger partial charge in [-0.15, -0.1) is 0 Å². The Balaban J connectivity index is 1.21. The Bertz CT molecular complexity index is 2140. The second-order valence-electron chi connectivity index (χ2n) is 13.5. The molecule has 0 radical (unpaired) electrons. The third-order valence-corrected chi connectivity index (χ3v) is 10.8. The second-order valence-corrected chi connectivity index (χ2v) is 14.5. The highest BCUT2D eigenvalue weighted by atomic mass is 79.9. The van der Waals surface area contributed by atoms with E-state index >= 15 is 0 Å². The maximum absolute atomic E-state index is 14.0. The van der Waals surface area contributed by atoms with Gasteiger partial charge in [-0.3, -0.25) is 14.7 Å². The van der Waals surface area contributed by atoms with Crippen LogP contribution >= 0.6 is 15.9 Å². The Morgan fingerprint density at radius 1 is 0.868 bits per heavy atom. The highest BCUT2D eigenvalue weighted by Crippen LogP contribution is 2.44. The normalized spacial score (nSPS) is 18.7. The van der Waals surface area contributed by atoms with Crippen LogP contribution in [0.25, 0.3) is 0 Å². The fourth-order valence-electron chi connectivity index (χ4n) is 7.74. The van der Waals surface area contributed by atoms with Crippen molar-refractivity contribution in [2.24, 2.45) is 4.99 Å². The number of halogens is 1. The smallest absolute Gasteiger partial charge is 0.330 e. The first-order valence-electron chi connectivity index (χ1n) is 17.9. The number of carbonyl (C=O) groups is 2. The van der Waals surface area contributed by atoms with Crippen LogP contribution in [-0.4, -0.2) is 59.6 Å². The lowest BCUT2D eigenvalue weighted by molar-refractivity contribution is -0.139. The first-order valence-corrected chi connectivity index (χ1v) is 18.7. The summed E-state index contributed by atoms with van der Waals surface area (Å²) in [6.07, 6.45) is 2.38. The Labute approximate surface area is 317 Å². The topological polar surface area (TPSA) is 104 Å². The van der Waals surface area contributed by atoms with Crippen molar-refractivity contribution in [3.63, 3.8) is 0 Å². The third-order valence-electron chi connectivity index (χ3n) is 10.3. The summed E-state index contributed by atoms with van der Waals surface area (Å²) in [5, 5.41) is 14.4. The van der Waals surface area contributed by atoms with Gasteiger partial charge in [-0.05, 0) is 85.0 Å². The Morgan fingerprint density at radius 3 is 2.32 bits per heavy atom. The molecule has 0 bridgehead atoms. The number of aliphatic imine (C=N–C) groups is 1. The first kappa shape index (κ1) is 34.6. The number of hydrogen-bond donors (Lipinski definition) is 2. The molecular formula is C43H39BrN4O5. The number of aliphatic carboxylic acids is 1. The number of nitrogens with one attached hydrogen (secondary N) is 1. The van der Waals surface area contributed by atoms with Crippen LogP contribution in [-0.2, 0) is 22.6 Å². The SMILES string of the molecule is O=C(O)[C@@H](N=C(c1ccccc1)c1ccccc1NC(=O)[C@@H]1CCCN1Cc1ccccc1)[C@@H]1c2cc3c(cc2CCN1c1ccc(Br)cc1)OCO3. The van der Waals surface area contributed by atoms with E-state index in [0.717, 1.165) is 51.8 Å². The zero-order chi connectivity index (χ0) is 36.3. The monoisotopic (exact) mass is 770 g/mol. The van der Waals surface area contributed by atoms with Crippen molar-refractivity contribution in [3.8, 4) is 11.5 Å². The molecule has 1 amide bonds. The molecular weight excluding hydrogens is 732 g/mol. The number of ether oxygens (including phenoxy) is 2. The van der Waals surface area contributed by atoms with Gasteiger partial charge in [0, 0.05) is 34.4 Å². The summed E-state index contributed by atoms with van der Waals surface area (Å²) >= 11 is 3.55. The van der Waals surface area contributed by atoms with E-state index in [1.807, 2.05) is 109 Å². The number of nitrogens with zero attached hydrogens (tertiary/aromatic N) is 3. The molecule has 0 saturated carbocycles. The summed E-state index contributed by atoms with van der Waals surface area (Å²) in [4.78, 5) is 37.2. The zero-order valence-electron chi connectivity index (χ0n) is 29.0. The summed E-state index contributed by atoms with van der Waals surface area (Å²) in [5.41, 5.74) is 6.31. The predicted octanol–water partition coefficient (Wildman–Crippen LogP) is 7.88.